The minimum atomic E-state index is -5.60. The highest BCUT2D eigenvalue weighted by Crippen LogP contribution is 2.48. The molecule has 6 rings (SSSR count). The molecule has 0 spiro atoms. The Morgan fingerprint density at radius 1 is 1.08 bits per heavy atom. The van der Waals surface area contributed by atoms with Crippen LogP contribution in [0.1, 0.15) is 22.5 Å². The second-order valence-corrected chi connectivity index (χ2v) is 16.6. The van der Waals surface area contributed by atoms with Gasteiger partial charge in [0.15, 0.2) is 7.60 Å². The normalized spacial score (nSPS) is 22.8. The van der Waals surface area contributed by atoms with E-state index in [0.717, 1.165) is 72.2 Å². The van der Waals surface area contributed by atoms with Gasteiger partial charge in [0.05, 0.1) is 24.2 Å². The molecule has 0 saturated carbocycles. The van der Waals surface area contributed by atoms with Gasteiger partial charge in [-0.2, -0.15) is 36.3 Å². The lowest BCUT2D eigenvalue weighted by molar-refractivity contribution is -1.07. The number of hydrogen-bond donors (Lipinski definition) is 2. The number of carbonyl (C=O) groups excluding carboxylic acids is 1. The smallest absolute Gasteiger partial charge is 0.430 e. The maximum atomic E-state index is 13.4. The third kappa shape index (κ3) is 9.29. The highest BCUT2D eigenvalue weighted by molar-refractivity contribution is 7.92. The van der Waals surface area contributed by atoms with Crippen molar-refractivity contribution in [2.24, 2.45) is 0 Å². The summed E-state index contributed by atoms with van der Waals surface area (Å²) in [7, 11) is -7.93. The van der Waals surface area contributed by atoms with Crippen molar-refractivity contribution in [3.63, 3.8) is 0 Å². The third-order valence-corrected chi connectivity index (χ3v) is 12.8. The van der Waals surface area contributed by atoms with Crippen LogP contribution in [0.15, 0.2) is 46.7 Å². The van der Waals surface area contributed by atoms with Crippen LogP contribution in [-0.4, -0.2) is 93.9 Å². The van der Waals surface area contributed by atoms with Crippen molar-refractivity contribution in [3.8, 4) is 11.8 Å². The molecule has 3 aliphatic heterocycles. The number of rotatable bonds is 9. The Morgan fingerprint density at radius 2 is 1.67 bits per heavy atom. The first-order valence-corrected chi connectivity index (χ1v) is 18.2. The van der Waals surface area contributed by atoms with Crippen LogP contribution >= 0.6 is 18.9 Å². The number of piperazine rings is 3. The van der Waals surface area contributed by atoms with E-state index in [1.807, 2.05) is 4.72 Å². The van der Waals surface area contributed by atoms with E-state index in [2.05, 4.69) is 7.05 Å². The molecular formula is C28H29F6N4O8PS2. The number of fused-ring (bicyclic) bond motifs is 4. The number of likely N-dealkylation sites (N-methyl/N-ethyl adjacent to an activating group) is 1. The number of carboxylic acids is 1. The van der Waals surface area contributed by atoms with E-state index in [9.17, 15) is 49.1 Å². The molecule has 3 aliphatic rings. The number of hydrogen-bond acceptors (Lipinski definition) is 9. The molecule has 2 N–H and O–H groups in total. The van der Waals surface area contributed by atoms with Gasteiger partial charge >= 0.3 is 12.4 Å². The molecule has 49 heavy (non-hydrogen) atoms. The summed E-state index contributed by atoms with van der Waals surface area (Å²) in [5.41, 5.74) is -2.94. The van der Waals surface area contributed by atoms with E-state index in [-0.39, 0.29) is 4.21 Å². The molecule has 3 saturated heterocycles. The summed E-state index contributed by atoms with van der Waals surface area (Å²) in [6, 6.07) is 9.60. The molecule has 2 bridgehead atoms. The SMILES string of the molecule is C[N+]12CC[N+](CCOc3ccc4sc(S(=O)(=O)NC(c5ccc(C#N)c(C(F)(F)F)c5)P(=O)([O-])O)cc4c3)(CC1)CC2.O=C([O-])C(F)(F)F. The van der Waals surface area contributed by atoms with Crippen molar-refractivity contribution in [2.45, 2.75) is 22.3 Å². The Labute approximate surface area is 280 Å². The maximum absolute atomic E-state index is 13.4. The predicted molar refractivity (Wildman–Crippen MR) is 158 cm³/mol. The summed E-state index contributed by atoms with van der Waals surface area (Å²) in [5, 5.41) is 18.3. The number of nitrogens with zero attached hydrogens (tertiary/aromatic N) is 3. The summed E-state index contributed by atoms with van der Waals surface area (Å²) >= 11 is 0.821. The number of carbonyl (C=O) groups is 1. The Balaban J connectivity index is 0.000000698. The van der Waals surface area contributed by atoms with Gasteiger partial charge in [-0.3, -0.25) is 0 Å². The quantitative estimate of drug-likeness (QED) is 0.188. The first-order chi connectivity index (χ1) is 22.5. The van der Waals surface area contributed by atoms with Crippen LogP contribution in [0.2, 0.25) is 0 Å². The summed E-state index contributed by atoms with van der Waals surface area (Å²) in [6.45, 7) is 8.16. The van der Waals surface area contributed by atoms with Crippen molar-refractivity contribution in [1.82, 2.24) is 4.72 Å². The Morgan fingerprint density at radius 3 is 2.18 bits per heavy atom. The average molecular weight is 759 g/mol. The molecule has 2 aromatic carbocycles. The number of alkyl halides is 6. The van der Waals surface area contributed by atoms with E-state index in [0.29, 0.717) is 34.6 Å². The maximum Gasteiger partial charge on any atom is 0.430 e. The number of ether oxygens (including phenoxy) is 1. The van der Waals surface area contributed by atoms with Gasteiger partial charge < -0.3 is 38.0 Å². The zero-order valence-corrected chi connectivity index (χ0v) is 28.0. The first kappa shape index (κ1) is 38.5. The third-order valence-electron chi connectivity index (χ3n) is 8.52. The number of aliphatic carboxylic acids is 1. The molecule has 0 amide bonds. The Kier molecular flexibility index (Phi) is 10.8. The number of nitrogens with one attached hydrogen (secondary N) is 1. The minimum absolute atomic E-state index is 0.307. The molecule has 1 aromatic heterocycles. The minimum Gasteiger partial charge on any atom is -0.777 e. The largest absolute Gasteiger partial charge is 0.777 e. The van der Waals surface area contributed by atoms with Crippen molar-refractivity contribution >= 4 is 45.0 Å². The molecule has 4 heterocycles. The average Bonchev–Trinajstić information content (AvgIpc) is 3.44. The highest BCUT2D eigenvalue weighted by Gasteiger charge is 2.46. The van der Waals surface area contributed by atoms with E-state index in [1.165, 1.54) is 12.1 Å². The van der Waals surface area contributed by atoms with E-state index < -0.39 is 58.4 Å². The fourth-order valence-corrected chi connectivity index (χ4v) is 9.48. The first-order valence-electron chi connectivity index (χ1n) is 14.3. The lowest BCUT2D eigenvalue weighted by atomic mass is 10.0. The van der Waals surface area contributed by atoms with Crippen LogP contribution in [-0.2, 0) is 25.6 Å². The van der Waals surface area contributed by atoms with Crippen molar-refractivity contribution in [3.05, 3.63) is 59.2 Å². The van der Waals surface area contributed by atoms with Crippen LogP contribution in [0.25, 0.3) is 10.1 Å². The van der Waals surface area contributed by atoms with Gasteiger partial charge in [-0.25, -0.2) is 8.42 Å². The molecule has 0 radical (unpaired) electrons. The fourth-order valence-electron chi connectivity index (χ4n) is 5.54. The number of nitriles is 1. The van der Waals surface area contributed by atoms with Crippen LogP contribution < -0.4 is 19.5 Å². The summed E-state index contributed by atoms with van der Waals surface area (Å²) < 4.78 is 121. The topological polar surface area (TPSA) is 180 Å². The van der Waals surface area contributed by atoms with Crippen molar-refractivity contribution < 1.29 is 72.7 Å². The Hall–Kier alpha value is -3.28. The van der Waals surface area contributed by atoms with E-state index in [1.54, 1.807) is 18.2 Å². The number of halogens is 6. The second kappa shape index (κ2) is 13.8. The van der Waals surface area contributed by atoms with Crippen LogP contribution in [0.4, 0.5) is 26.3 Å². The Bertz CT molecular complexity index is 1900. The molecule has 12 nitrogen and oxygen atoms in total. The monoisotopic (exact) mass is 758 g/mol. The van der Waals surface area contributed by atoms with Crippen LogP contribution in [0, 0.1) is 11.3 Å². The second-order valence-electron chi connectivity index (χ2n) is 11.9. The summed E-state index contributed by atoms with van der Waals surface area (Å²) in [5.74, 6) is -4.89. The zero-order chi connectivity index (χ0) is 36.6. The van der Waals surface area contributed by atoms with Gasteiger partial charge in [0.2, 0.25) is 0 Å². The summed E-state index contributed by atoms with van der Waals surface area (Å²) in [6.07, 6.45) is -10.2. The van der Waals surface area contributed by atoms with Crippen LogP contribution in [0.3, 0.4) is 0 Å². The van der Waals surface area contributed by atoms with Gasteiger partial charge in [-0.15, -0.1) is 11.3 Å². The van der Waals surface area contributed by atoms with Gasteiger partial charge in [0.25, 0.3) is 10.0 Å². The number of thiophene rings is 1. The standard InChI is InChI=1S/C26H28F3N4O6PS2.C2HF3O2/c1-32-6-9-33(10-7-32,11-8-32)12-13-39-21-4-5-23-20(14-21)16-24(41-23)42(37,38)31-25(40(34,35)36)18-2-3-19(17-30)22(15-18)26(27,28)29;3-2(4,5)1(6)7/h2-5,14-16,25,31H,6-13H2,1H3;(H,6,7). The molecule has 2 atom stereocenters. The fraction of sp³-hybridized carbons (Fsp3) is 0.429. The molecule has 0 aliphatic carbocycles. The lowest BCUT2D eigenvalue weighted by Crippen LogP contribution is -2.74. The predicted octanol–water partition coefficient (Wildman–Crippen LogP) is 2.28. The van der Waals surface area contributed by atoms with Crippen molar-refractivity contribution in [2.75, 3.05) is 59.5 Å². The van der Waals surface area contributed by atoms with Gasteiger partial charge in [0.1, 0.15) is 74.1 Å². The number of benzene rings is 2. The number of quaternary nitrogens is 2. The lowest BCUT2D eigenvalue weighted by Gasteiger charge is -2.53. The molecular weight excluding hydrogens is 729 g/mol. The zero-order valence-electron chi connectivity index (χ0n) is 25.5. The number of sulfonamides is 1. The molecule has 2 unspecified atom stereocenters. The van der Waals surface area contributed by atoms with Gasteiger partial charge in [-0.1, -0.05) is 6.07 Å². The number of carboxylic acid groups (broad SMARTS) is 1. The van der Waals surface area contributed by atoms with E-state index >= 15 is 0 Å². The molecule has 268 valence electrons. The summed E-state index contributed by atoms with van der Waals surface area (Å²) in [4.78, 5) is 30.7. The van der Waals surface area contributed by atoms with Gasteiger partial charge in [-0.05, 0) is 47.3 Å². The molecule has 21 heteroatoms. The van der Waals surface area contributed by atoms with Gasteiger partial charge in [0, 0.05) is 4.70 Å². The van der Waals surface area contributed by atoms with Crippen LogP contribution in [0.5, 0.6) is 5.75 Å². The van der Waals surface area contributed by atoms with Crippen molar-refractivity contribution in [1.29, 1.82) is 5.26 Å². The van der Waals surface area contributed by atoms with E-state index in [4.69, 9.17) is 19.9 Å². The highest BCUT2D eigenvalue weighted by atomic mass is 32.2. The molecule has 3 aromatic rings. The molecule has 3 fully saturated rings.